The van der Waals surface area contributed by atoms with Crippen LogP contribution in [0, 0.1) is 0 Å². The molecule has 0 atom stereocenters. The fourth-order valence-electron chi connectivity index (χ4n) is 0.703. The van der Waals surface area contributed by atoms with Crippen molar-refractivity contribution in [2.24, 2.45) is 0 Å². The number of carbonyl (C=O) groups is 1. The van der Waals surface area contributed by atoms with Gasteiger partial charge in [0.15, 0.2) is 0 Å². The molecule has 0 aromatic rings. The summed E-state index contributed by atoms with van der Waals surface area (Å²) < 4.78 is 0. The van der Waals surface area contributed by atoms with Crippen LogP contribution in [0.1, 0.15) is 39.0 Å². The van der Waals surface area contributed by atoms with Crippen molar-refractivity contribution in [2.75, 3.05) is 0 Å². The van der Waals surface area contributed by atoms with Gasteiger partial charge in [0.25, 0.3) is 0 Å². The van der Waals surface area contributed by atoms with Gasteiger partial charge in [0.05, 0.1) is 0 Å². The van der Waals surface area contributed by atoms with Crippen molar-refractivity contribution in [1.29, 1.82) is 0 Å². The third kappa shape index (κ3) is 11.5. The van der Waals surface area contributed by atoms with Gasteiger partial charge in [-0.2, -0.15) is 0 Å². The van der Waals surface area contributed by atoms with Crippen LogP contribution in [0.15, 0.2) is 0 Å². The Balaban J connectivity index is 0. The fraction of sp³-hybridized carbons (Fsp3) is 0.857. The first-order chi connectivity index (χ1) is 4.27. The second-order valence-electron chi connectivity index (χ2n) is 2.20. The molecule has 10 heavy (non-hydrogen) atoms. The molecular weight excluding hydrogens is 156 g/mol. The van der Waals surface area contributed by atoms with Crippen molar-refractivity contribution in [2.45, 2.75) is 39.0 Å². The van der Waals surface area contributed by atoms with E-state index in [0.717, 1.165) is 19.3 Å². The largest absolute Gasteiger partial charge is 0.481 e. The molecule has 0 rings (SSSR count). The first-order valence-electron chi connectivity index (χ1n) is 3.49. The summed E-state index contributed by atoms with van der Waals surface area (Å²) in [5, 5.41) is 8.21. The van der Waals surface area contributed by atoms with Gasteiger partial charge in [0.2, 0.25) is 0 Å². The average molecular weight is 170 g/mol. The summed E-state index contributed by atoms with van der Waals surface area (Å²) >= 11 is 0. The van der Waals surface area contributed by atoms with Crippen molar-refractivity contribution >= 4 is 43.7 Å². The minimum absolute atomic E-state index is 0. The summed E-state index contributed by atoms with van der Waals surface area (Å²) in [5.41, 5.74) is 0. The Morgan fingerprint density at radius 3 is 2.30 bits per heavy atom. The maximum absolute atomic E-state index is 9.96. The molecule has 0 fully saturated rings. The number of hydrogen-bond donors (Lipinski definition) is 1. The van der Waals surface area contributed by atoms with Crippen molar-refractivity contribution in [3.8, 4) is 0 Å². The first-order valence-corrected chi connectivity index (χ1v) is 3.49. The molecule has 0 bridgehead atoms. The van der Waals surface area contributed by atoms with Crippen LogP contribution < -0.4 is 0 Å². The van der Waals surface area contributed by atoms with E-state index in [0.29, 0.717) is 6.42 Å². The van der Waals surface area contributed by atoms with Crippen LogP contribution in [-0.2, 0) is 4.79 Å². The number of rotatable bonds is 5. The third-order valence-electron chi connectivity index (χ3n) is 1.24. The number of carboxylic acid groups (broad SMARTS) is 1. The molecule has 3 heteroatoms. The summed E-state index contributed by atoms with van der Waals surface area (Å²) in [6.07, 6.45) is 4.55. The minimum Gasteiger partial charge on any atom is -0.481 e. The normalized spacial score (nSPS) is 8.50. The van der Waals surface area contributed by atoms with E-state index in [2.05, 4.69) is 6.92 Å². The van der Waals surface area contributed by atoms with Gasteiger partial charge in [-0.25, -0.2) is 0 Å². The van der Waals surface area contributed by atoms with Gasteiger partial charge >= 0.3 is 5.97 Å². The average Bonchev–Trinajstić information content (AvgIpc) is 1.80. The maximum Gasteiger partial charge on any atom is 0.303 e. The van der Waals surface area contributed by atoms with Crippen molar-refractivity contribution in [3.63, 3.8) is 0 Å². The van der Waals surface area contributed by atoms with Crippen LogP contribution >= 0.6 is 0 Å². The van der Waals surface area contributed by atoms with E-state index in [-0.39, 0.29) is 37.7 Å². The number of unbranched alkanes of at least 4 members (excludes halogenated alkanes) is 3. The fourth-order valence-corrected chi connectivity index (χ4v) is 0.703. The van der Waals surface area contributed by atoms with Gasteiger partial charge in [0.1, 0.15) is 0 Å². The maximum atomic E-state index is 9.96. The molecule has 2 nitrogen and oxygen atoms in total. The second kappa shape index (κ2) is 9.73. The van der Waals surface area contributed by atoms with Gasteiger partial charge in [-0.1, -0.05) is 26.2 Å². The Kier molecular flexibility index (Phi) is 13.0. The van der Waals surface area contributed by atoms with E-state index in [1.807, 2.05) is 0 Å². The zero-order valence-corrected chi connectivity index (χ0v) is 8.81. The number of hydrogen-bond acceptors (Lipinski definition) is 1. The molecule has 0 amide bonds. The molecule has 0 saturated heterocycles. The Morgan fingerprint density at radius 1 is 1.30 bits per heavy atom. The molecule has 2 radical (unpaired) electrons. The smallest absolute Gasteiger partial charge is 0.303 e. The molecule has 0 aliphatic carbocycles. The van der Waals surface area contributed by atoms with Gasteiger partial charge in [0, 0.05) is 44.2 Å². The van der Waals surface area contributed by atoms with Crippen LogP contribution in [0.5, 0.6) is 0 Å². The monoisotopic (exact) mass is 170 g/mol. The van der Waals surface area contributed by atoms with E-state index < -0.39 is 5.97 Å². The Hall–Kier alpha value is 0.730. The molecule has 0 heterocycles. The van der Waals surface area contributed by atoms with Crippen molar-refractivity contribution < 1.29 is 9.90 Å². The summed E-state index contributed by atoms with van der Waals surface area (Å²) in [7, 11) is 0. The Morgan fingerprint density at radius 2 is 1.90 bits per heavy atom. The number of aliphatic carboxylic acids is 1. The summed E-state index contributed by atoms with van der Waals surface area (Å²) in [4.78, 5) is 9.96. The molecule has 0 aliphatic heterocycles. The van der Waals surface area contributed by atoms with E-state index >= 15 is 0 Å². The summed E-state index contributed by atoms with van der Waals surface area (Å²) in [5.74, 6) is -0.675. The van der Waals surface area contributed by atoms with E-state index in [1.165, 1.54) is 6.42 Å². The van der Waals surface area contributed by atoms with E-state index in [9.17, 15) is 4.79 Å². The zero-order chi connectivity index (χ0) is 7.11. The summed E-state index contributed by atoms with van der Waals surface area (Å²) in [6, 6.07) is 0. The van der Waals surface area contributed by atoms with Gasteiger partial charge in [-0.05, 0) is 6.42 Å². The third-order valence-corrected chi connectivity index (χ3v) is 1.24. The minimum atomic E-state index is -0.675. The summed E-state index contributed by atoms with van der Waals surface area (Å²) in [6.45, 7) is 2.11. The van der Waals surface area contributed by atoms with Crippen LogP contribution in [0.2, 0.25) is 0 Å². The molecule has 0 spiro atoms. The molecule has 0 saturated carbocycles. The molecule has 0 unspecified atom stereocenters. The second-order valence-corrected chi connectivity index (χ2v) is 2.20. The molecule has 0 aliphatic rings. The van der Waals surface area contributed by atoms with Crippen LogP contribution in [0.3, 0.4) is 0 Å². The van der Waals surface area contributed by atoms with Crippen molar-refractivity contribution in [3.05, 3.63) is 0 Å². The van der Waals surface area contributed by atoms with Gasteiger partial charge in [-0.3, -0.25) is 4.79 Å². The number of carboxylic acids is 1. The molecule has 0 aromatic heterocycles. The van der Waals surface area contributed by atoms with E-state index in [4.69, 9.17) is 5.11 Å². The quantitative estimate of drug-likeness (QED) is 0.503. The van der Waals surface area contributed by atoms with Crippen LogP contribution in [-0.4, -0.2) is 48.8 Å². The molecule has 0 aromatic carbocycles. The van der Waals surface area contributed by atoms with Crippen molar-refractivity contribution in [1.82, 2.24) is 0 Å². The molecule has 1 N–H and O–H groups in total. The van der Waals surface area contributed by atoms with E-state index in [1.54, 1.807) is 0 Å². The molecular formula is C7H14CaO2. The predicted molar refractivity (Wildman–Crippen MR) is 42.1 cm³/mol. The van der Waals surface area contributed by atoms with Crippen LogP contribution in [0.4, 0.5) is 0 Å². The van der Waals surface area contributed by atoms with Gasteiger partial charge in [-0.15, -0.1) is 0 Å². The Bertz CT molecular complexity index is 83.7. The topological polar surface area (TPSA) is 37.3 Å². The zero-order valence-electron chi connectivity index (χ0n) is 6.60. The van der Waals surface area contributed by atoms with Crippen LogP contribution in [0.25, 0.3) is 0 Å². The predicted octanol–water partition coefficient (Wildman–Crippen LogP) is 1.66. The Labute approximate surface area is 92.0 Å². The first kappa shape index (κ1) is 13.3. The molecule has 56 valence electrons. The standard InChI is InChI=1S/C7H14O2.Ca/c1-2-3-4-5-6-7(8)9;/h2-6H2,1H3,(H,8,9);. The van der Waals surface area contributed by atoms with Gasteiger partial charge < -0.3 is 5.11 Å². The SMILES string of the molecule is CCCCCCC(=O)O.[Ca].